The van der Waals surface area contributed by atoms with Crippen molar-refractivity contribution < 1.29 is 19.1 Å². The first-order chi connectivity index (χ1) is 9.06. The minimum atomic E-state index is -0.353. The zero-order valence-electron chi connectivity index (χ0n) is 11.8. The molecule has 0 aliphatic carbocycles. The second kappa shape index (κ2) is 11.6. The number of amides is 1. The second-order valence-corrected chi connectivity index (χ2v) is 4.33. The standard InChI is InChI=1S/C13H24N2O4/c1-11(16)6-7-13(18)19-10-4-3-5-12(17)15-9-8-14-2/h14H,3-10H2,1-2H3,(H,15,17). The molecular weight excluding hydrogens is 248 g/mol. The molecule has 0 radical (unpaired) electrons. The third-order valence-electron chi connectivity index (χ3n) is 2.44. The molecule has 0 unspecified atom stereocenters. The average Bonchev–Trinajstić information content (AvgIpc) is 2.36. The summed E-state index contributed by atoms with van der Waals surface area (Å²) in [6.07, 6.45) is 2.15. The lowest BCUT2D eigenvalue weighted by Crippen LogP contribution is -2.30. The Labute approximate surface area is 114 Å². The van der Waals surface area contributed by atoms with E-state index in [1.807, 2.05) is 7.05 Å². The highest BCUT2D eigenvalue weighted by atomic mass is 16.5. The molecule has 0 rings (SSSR count). The van der Waals surface area contributed by atoms with Gasteiger partial charge in [-0.1, -0.05) is 0 Å². The van der Waals surface area contributed by atoms with Gasteiger partial charge in [-0.05, 0) is 26.8 Å². The van der Waals surface area contributed by atoms with Crippen molar-refractivity contribution in [3.05, 3.63) is 0 Å². The van der Waals surface area contributed by atoms with Gasteiger partial charge in [-0.3, -0.25) is 9.59 Å². The SMILES string of the molecule is CNCCNC(=O)CCCCOC(=O)CCC(C)=O. The molecule has 0 fully saturated rings. The van der Waals surface area contributed by atoms with Gasteiger partial charge in [0, 0.05) is 25.9 Å². The van der Waals surface area contributed by atoms with Crippen molar-refractivity contribution in [2.24, 2.45) is 0 Å². The van der Waals surface area contributed by atoms with E-state index in [0.29, 0.717) is 32.4 Å². The monoisotopic (exact) mass is 272 g/mol. The van der Waals surface area contributed by atoms with Gasteiger partial charge in [0.15, 0.2) is 0 Å². The van der Waals surface area contributed by atoms with E-state index >= 15 is 0 Å². The second-order valence-electron chi connectivity index (χ2n) is 4.33. The lowest BCUT2D eigenvalue weighted by atomic mass is 10.2. The van der Waals surface area contributed by atoms with Crippen molar-refractivity contribution in [1.29, 1.82) is 0 Å². The molecule has 0 bridgehead atoms. The van der Waals surface area contributed by atoms with Crippen molar-refractivity contribution in [1.82, 2.24) is 10.6 Å². The number of likely N-dealkylation sites (N-methyl/N-ethyl adjacent to an activating group) is 1. The quantitative estimate of drug-likeness (QED) is 0.420. The van der Waals surface area contributed by atoms with Gasteiger partial charge in [-0.25, -0.2) is 0 Å². The van der Waals surface area contributed by atoms with Gasteiger partial charge < -0.3 is 20.2 Å². The van der Waals surface area contributed by atoms with Crippen LogP contribution in [0, 0.1) is 0 Å². The molecule has 0 saturated heterocycles. The van der Waals surface area contributed by atoms with E-state index in [0.717, 1.165) is 6.54 Å². The zero-order valence-corrected chi connectivity index (χ0v) is 11.8. The third-order valence-corrected chi connectivity index (χ3v) is 2.44. The molecule has 0 saturated carbocycles. The normalized spacial score (nSPS) is 10.0. The summed E-state index contributed by atoms with van der Waals surface area (Å²) >= 11 is 0. The van der Waals surface area contributed by atoms with Gasteiger partial charge >= 0.3 is 5.97 Å². The Hall–Kier alpha value is -1.43. The summed E-state index contributed by atoms with van der Waals surface area (Å²) < 4.78 is 4.94. The topological polar surface area (TPSA) is 84.5 Å². The number of Topliss-reactive ketones (excluding diaryl/α,β-unsaturated/α-hetero) is 1. The minimum Gasteiger partial charge on any atom is -0.466 e. The maximum absolute atomic E-state index is 11.3. The molecular formula is C13H24N2O4. The van der Waals surface area contributed by atoms with Crippen LogP contribution in [0.25, 0.3) is 0 Å². The van der Waals surface area contributed by atoms with Crippen LogP contribution in [0.4, 0.5) is 0 Å². The highest BCUT2D eigenvalue weighted by Crippen LogP contribution is 1.99. The van der Waals surface area contributed by atoms with Crippen LogP contribution in [-0.4, -0.2) is 44.4 Å². The summed E-state index contributed by atoms with van der Waals surface area (Å²) in [5, 5.41) is 5.70. The number of unbranched alkanes of at least 4 members (excludes halogenated alkanes) is 1. The van der Waals surface area contributed by atoms with Crippen LogP contribution in [0.2, 0.25) is 0 Å². The fourth-order valence-corrected chi connectivity index (χ4v) is 1.34. The van der Waals surface area contributed by atoms with Crippen molar-refractivity contribution in [3.8, 4) is 0 Å². The number of ether oxygens (including phenoxy) is 1. The Morgan fingerprint density at radius 1 is 1.00 bits per heavy atom. The van der Waals surface area contributed by atoms with Crippen molar-refractivity contribution >= 4 is 17.7 Å². The molecule has 6 nitrogen and oxygen atoms in total. The number of hydrogen-bond acceptors (Lipinski definition) is 5. The molecule has 1 amide bonds. The third kappa shape index (κ3) is 12.8. The Balaban J connectivity index is 3.36. The van der Waals surface area contributed by atoms with Crippen LogP contribution in [0.15, 0.2) is 0 Å². The minimum absolute atomic E-state index is 0.0122. The lowest BCUT2D eigenvalue weighted by molar-refractivity contribution is -0.144. The first kappa shape index (κ1) is 17.6. The van der Waals surface area contributed by atoms with Gasteiger partial charge in [-0.2, -0.15) is 0 Å². The van der Waals surface area contributed by atoms with Crippen LogP contribution >= 0.6 is 0 Å². The van der Waals surface area contributed by atoms with Gasteiger partial charge in [0.2, 0.25) is 5.91 Å². The number of carbonyl (C=O) groups is 3. The van der Waals surface area contributed by atoms with Crippen LogP contribution in [0.5, 0.6) is 0 Å². The summed E-state index contributed by atoms with van der Waals surface area (Å²) in [6, 6.07) is 0. The maximum Gasteiger partial charge on any atom is 0.306 e. The zero-order chi connectivity index (χ0) is 14.5. The van der Waals surface area contributed by atoms with E-state index in [9.17, 15) is 14.4 Å². The predicted molar refractivity (Wildman–Crippen MR) is 71.7 cm³/mol. The van der Waals surface area contributed by atoms with Crippen molar-refractivity contribution in [3.63, 3.8) is 0 Å². The van der Waals surface area contributed by atoms with E-state index in [-0.39, 0.29) is 30.5 Å². The highest BCUT2D eigenvalue weighted by molar-refractivity contribution is 5.80. The molecule has 2 N–H and O–H groups in total. The molecule has 0 aromatic heterocycles. The number of carbonyl (C=O) groups excluding carboxylic acids is 3. The van der Waals surface area contributed by atoms with Gasteiger partial charge in [0.25, 0.3) is 0 Å². The van der Waals surface area contributed by atoms with Gasteiger partial charge in [-0.15, -0.1) is 0 Å². The van der Waals surface area contributed by atoms with Crippen LogP contribution in [0.1, 0.15) is 39.0 Å². The Bertz CT molecular complexity index is 292. The van der Waals surface area contributed by atoms with E-state index in [2.05, 4.69) is 10.6 Å². The number of hydrogen-bond donors (Lipinski definition) is 2. The van der Waals surface area contributed by atoms with Gasteiger partial charge in [0.1, 0.15) is 5.78 Å². The molecule has 0 aliphatic heterocycles. The predicted octanol–water partition coefficient (Wildman–Crippen LogP) is 0.405. The molecule has 0 aliphatic rings. The molecule has 110 valence electrons. The summed E-state index contributed by atoms with van der Waals surface area (Å²) in [6.45, 7) is 3.12. The number of rotatable bonds is 11. The first-order valence-electron chi connectivity index (χ1n) is 6.62. The molecule has 0 atom stereocenters. The Morgan fingerprint density at radius 2 is 1.74 bits per heavy atom. The summed E-state index contributed by atoms with van der Waals surface area (Å²) in [7, 11) is 1.83. The number of ketones is 1. The molecule has 0 aromatic carbocycles. The van der Waals surface area contributed by atoms with E-state index < -0.39 is 0 Å². The smallest absolute Gasteiger partial charge is 0.306 e. The summed E-state index contributed by atoms with van der Waals surface area (Å²) in [4.78, 5) is 33.1. The van der Waals surface area contributed by atoms with E-state index in [1.54, 1.807) is 0 Å². The molecule has 19 heavy (non-hydrogen) atoms. The molecule has 6 heteroatoms. The fourth-order valence-electron chi connectivity index (χ4n) is 1.34. The van der Waals surface area contributed by atoms with Crippen molar-refractivity contribution in [2.45, 2.75) is 39.0 Å². The molecule has 0 heterocycles. The van der Waals surface area contributed by atoms with Crippen LogP contribution in [0.3, 0.4) is 0 Å². The number of esters is 1. The largest absolute Gasteiger partial charge is 0.466 e. The fraction of sp³-hybridized carbons (Fsp3) is 0.769. The average molecular weight is 272 g/mol. The van der Waals surface area contributed by atoms with E-state index in [1.165, 1.54) is 6.92 Å². The number of nitrogens with one attached hydrogen (secondary N) is 2. The molecule has 0 aromatic rings. The summed E-state index contributed by atoms with van der Waals surface area (Å²) in [5.74, 6) is -0.359. The Kier molecular flexibility index (Phi) is 10.8. The Morgan fingerprint density at radius 3 is 2.37 bits per heavy atom. The van der Waals surface area contributed by atoms with E-state index in [4.69, 9.17) is 4.74 Å². The van der Waals surface area contributed by atoms with Crippen LogP contribution < -0.4 is 10.6 Å². The first-order valence-corrected chi connectivity index (χ1v) is 6.62. The maximum atomic E-state index is 11.3. The lowest BCUT2D eigenvalue weighted by Gasteiger charge is -2.05. The highest BCUT2D eigenvalue weighted by Gasteiger charge is 2.05. The van der Waals surface area contributed by atoms with Crippen molar-refractivity contribution in [2.75, 3.05) is 26.7 Å². The summed E-state index contributed by atoms with van der Waals surface area (Å²) in [5.41, 5.74) is 0. The van der Waals surface area contributed by atoms with Gasteiger partial charge in [0.05, 0.1) is 13.0 Å². The molecule has 0 spiro atoms. The van der Waals surface area contributed by atoms with Crippen LogP contribution in [-0.2, 0) is 19.1 Å².